The first kappa shape index (κ1) is 18.4. The summed E-state index contributed by atoms with van der Waals surface area (Å²) in [6, 6.07) is 12.9. The molecule has 0 fully saturated rings. The van der Waals surface area contributed by atoms with E-state index in [1.54, 1.807) is 30.3 Å². The molecular weight excluding hydrogens is 355 g/mol. The number of nitro benzene ring substituents is 1. The van der Waals surface area contributed by atoms with E-state index in [2.05, 4.69) is 5.32 Å². The largest absolute Gasteiger partial charge is 0.362 e. The van der Waals surface area contributed by atoms with E-state index < -0.39 is 18.3 Å². The van der Waals surface area contributed by atoms with Crippen LogP contribution >= 0.6 is 19.2 Å². The van der Waals surface area contributed by atoms with Gasteiger partial charge in [0, 0.05) is 25.3 Å². The van der Waals surface area contributed by atoms with Gasteiger partial charge in [-0.1, -0.05) is 41.9 Å². The molecule has 2 rings (SSSR count). The van der Waals surface area contributed by atoms with Crippen molar-refractivity contribution in [3.05, 3.63) is 69.2 Å². The van der Waals surface area contributed by atoms with Gasteiger partial charge in [0.05, 0.1) is 4.92 Å². The van der Waals surface area contributed by atoms with Crippen LogP contribution < -0.4 is 5.32 Å². The highest BCUT2D eigenvalue weighted by Gasteiger charge is 2.36. The average Bonchev–Trinajstić information content (AvgIpc) is 2.60. The molecule has 24 heavy (non-hydrogen) atoms. The topological polar surface area (TPSA) is 90.7 Å². The molecule has 0 aliphatic heterocycles. The van der Waals surface area contributed by atoms with Crippen LogP contribution in [-0.4, -0.2) is 19.1 Å². The monoisotopic (exact) mass is 370 g/mol. The van der Waals surface area contributed by atoms with Crippen LogP contribution in [0.1, 0.15) is 11.3 Å². The molecule has 1 atom stereocenters. The van der Waals surface area contributed by atoms with E-state index in [0.717, 1.165) is 0 Å². The van der Waals surface area contributed by atoms with Crippen molar-refractivity contribution in [2.24, 2.45) is 0 Å². The minimum absolute atomic E-state index is 0.160. The molecule has 0 heterocycles. The normalized spacial score (nSPS) is 12.6. The summed E-state index contributed by atoms with van der Waals surface area (Å²) in [7, 11) is -1.08. The van der Waals surface area contributed by atoms with Crippen LogP contribution in [0.4, 0.5) is 11.4 Å². The summed E-state index contributed by atoms with van der Waals surface area (Å²) >= 11 is 5.82. The number of hydrogen-bond donors (Lipinski definition) is 1. The molecule has 1 unspecified atom stereocenters. The summed E-state index contributed by atoms with van der Waals surface area (Å²) in [5.74, 6) is -0.923. The number of nitrogens with zero attached hydrogens (tertiary/aromatic N) is 1. The third-order valence-corrected chi connectivity index (χ3v) is 5.70. The van der Waals surface area contributed by atoms with Crippen molar-refractivity contribution in [1.82, 2.24) is 0 Å². The lowest BCUT2D eigenvalue weighted by Gasteiger charge is -2.26. The molecule has 128 valence electrons. The first-order chi connectivity index (χ1) is 11.4. The van der Waals surface area contributed by atoms with Gasteiger partial charge in [-0.2, -0.15) is 0 Å². The number of hydrogen-bond acceptors (Lipinski definition) is 6. The van der Waals surface area contributed by atoms with E-state index in [0.29, 0.717) is 5.56 Å². The lowest BCUT2D eigenvalue weighted by atomic mass is 10.2. The highest BCUT2D eigenvalue weighted by Crippen LogP contribution is 2.60. The predicted molar refractivity (Wildman–Crippen MR) is 92.5 cm³/mol. The number of benzene rings is 2. The molecule has 1 N–H and O–H groups in total. The molecule has 0 radical (unpaired) electrons. The van der Waals surface area contributed by atoms with Gasteiger partial charge in [-0.05, 0) is 17.7 Å². The highest BCUT2D eigenvalue weighted by atomic mass is 35.5. The predicted octanol–water partition coefficient (Wildman–Crippen LogP) is 4.84. The van der Waals surface area contributed by atoms with Crippen molar-refractivity contribution in [1.29, 1.82) is 0 Å². The van der Waals surface area contributed by atoms with Crippen molar-refractivity contribution < 1.29 is 18.5 Å². The Hall–Kier alpha value is -1.92. The number of rotatable bonds is 7. The van der Waals surface area contributed by atoms with Crippen LogP contribution in [0.2, 0.25) is 5.02 Å². The van der Waals surface area contributed by atoms with Crippen LogP contribution in [0.25, 0.3) is 0 Å². The third-order valence-electron chi connectivity index (χ3n) is 3.39. The number of nitro groups is 1. The quantitative estimate of drug-likeness (QED) is 0.426. The summed E-state index contributed by atoms with van der Waals surface area (Å²) in [5.41, 5.74) is 0.531. The van der Waals surface area contributed by atoms with Crippen molar-refractivity contribution in [3.63, 3.8) is 0 Å². The third kappa shape index (κ3) is 3.94. The SMILES string of the molecule is COP(=O)(OC)C(Nc1ccc(Cl)cc1[N+](=O)[O-])c1ccccc1. The molecular formula is C15H16ClN2O5P. The molecule has 9 heteroatoms. The molecule has 7 nitrogen and oxygen atoms in total. The zero-order chi connectivity index (χ0) is 17.7. The standard InChI is InChI=1S/C15H16ClN2O5P/c1-22-24(21,23-2)15(11-6-4-3-5-7-11)17-13-9-8-12(16)10-14(13)18(19)20/h3-10,15,17H,1-2H3. The number of nitrogens with one attached hydrogen (secondary N) is 1. The Labute approximate surface area is 144 Å². The molecule has 0 saturated heterocycles. The Morgan fingerprint density at radius 3 is 2.33 bits per heavy atom. The van der Waals surface area contributed by atoms with E-state index in [9.17, 15) is 14.7 Å². The van der Waals surface area contributed by atoms with Crippen molar-refractivity contribution in [3.8, 4) is 0 Å². The van der Waals surface area contributed by atoms with Crippen LogP contribution in [0.15, 0.2) is 48.5 Å². The van der Waals surface area contributed by atoms with Crippen molar-refractivity contribution >= 4 is 30.6 Å². The maximum atomic E-state index is 12.9. The smallest absolute Gasteiger partial charge is 0.356 e. The molecule has 0 bridgehead atoms. The molecule has 2 aromatic rings. The van der Waals surface area contributed by atoms with Gasteiger partial charge in [0.2, 0.25) is 0 Å². The van der Waals surface area contributed by atoms with Crippen molar-refractivity contribution in [2.75, 3.05) is 19.5 Å². The van der Waals surface area contributed by atoms with Gasteiger partial charge in [-0.3, -0.25) is 14.7 Å². The Bertz CT molecular complexity index is 764. The van der Waals surface area contributed by atoms with Gasteiger partial charge in [-0.25, -0.2) is 0 Å². The zero-order valence-corrected chi connectivity index (χ0v) is 14.7. The van der Waals surface area contributed by atoms with Crippen LogP contribution in [0, 0.1) is 10.1 Å². The second-order valence-electron chi connectivity index (χ2n) is 4.78. The Morgan fingerprint density at radius 2 is 1.79 bits per heavy atom. The Kier molecular flexibility index (Phi) is 5.96. The van der Waals surface area contributed by atoms with Crippen molar-refractivity contribution in [2.45, 2.75) is 5.78 Å². The first-order valence-corrected chi connectivity index (χ1v) is 8.87. The summed E-state index contributed by atoms with van der Waals surface area (Å²) < 4.78 is 23.1. The lowest BCUT2D eigenvalue weighted by molar-refractivity contribution is -0.384. The molecule has 0 aromatic heterocycles. The van der Waals surface area contributed by atoms with Gasteiger partial charge in [0.1, 0.15) is 5.69 Å². The molecule has 0 aliphatic carbocycles. The molecule has 0 amide bonds. The highest BCUT2D eigenvalue weighted by molar-refractivity contribution is 7.54. The van der Waals surface area contributed by atoms with Gasteiger partial charge in [0.15, 0.2) is 5.78 Å². The van der Waals surface area contributed by atoms with E-state index in [1.165, 1.54) is 32.4 Å². The first-order valence-electron chi connectivity index (χ1n) is 6.88. The molecule has 2 aromatic carbocycles. The second-order valence-corrected chi connectivity index (χ2v) is 7.54. The number of halogens is 1. The van der Waals surface area contributed by atoms with E-state index in [4.69, 9.17) is 20.6 Å². The van der Waals surface area contributed by atoms with Gasteiger partial charge in [0.25, 0.3) is 5.69 Å². The average molecular weight is 371 g/mol. The van der Waals surface area contributed by atoms with E-state index >= 15 is 0 Å². The lowest BCUT2D eigenvalue weighted by Crippen LogP contribution is -2.14. The summed E-state index contributed by atoms with van der Waals surface area (Å²) in [6.45, 7) is 0. The Balaban J connectivity index is 2.51. The summed E-state index contributed by atoms with van der Waals surface area (Å²) in [6.07, 6.45) is 0. The molecule has 0 aliphatic rings. The van der Waals surface area contributed by atoms with E-state index in [-0.39, 0.29) is 16.4 Å². The fourth-order valence-electron chi connectivity index (χ4n) is 2.19. The van der Waals surface area contributed by atoms with Gasteiger partial charge >= 0.3 is 7.60 Å². The zero-order valence-electron chi connectivity index (χ0n) is 13.0. The number of anilines is 1. The fraction of sp³-hybridized carbons (Fsp3) is 0.200. The fourth-order valence-corrected chi connectivity index (χ4v) is 3.76. The minimum Gasteiger partial charge on any atom is -0.362 e. The molecule has 0 spiro atoms. The maximum absolute atomic E-state index is 12.9. The molecule has 0 saturated carbocycles. The van der Waals surface area contributed by atoms with E-state index in [1.807, 2.05) is 0 Å². The summed E-state index contributed by atoms with van der Waals surface area (Å²) in [4.78, 5) is 10.7. The van der Waals surface area contributed by atoms with Gasteiger partial charge in [-0.15, -0.1) is 0 Å². The van der Waals surface area contributed by atoms with Gasteiger partial charge < -0.3 is 14.4 Å². The van der Waals surface area contributed by atoms with Crippen LogP contribution in [0.3, 0.4) is 0 Å². The van der Waals surface area contributed by atoms with Crippen LogP contribution in [-0.2, 0) is 13.6 Å². The maximum Gasteiger partial charge on any atom is 0.356 e. The Morgan fingerprint density at radius 1 is 1.17 bits per heavy atom. The summed E-state index contributed by atoms with van der Waals surface area (Å²) in [5, 5.41) is 14.4. The van der Waals surface area contributed by atoms with Crippen LogP contribution in [0.5, 0.6) is 0 Å². The minimum atomic E-state index is -3.61. The second kappa shape index (κ2) is 7.77.